The second-order valence-electron chi connectivity index (χ2n) is 4.79. The lowest BCUT2D eigenvalue weighted by atomic mass is 10.0. The molecule has 2 unspecified atom stereocenters. The highest BCUT2D eigenvalue weighted by Gasteiger charge is 2.37. The Bertz CT molecular complexity index is 352. The van der Waals surface area contributed by atoms with E-state index >= 15 is 0 Å². The van der Waals surface area contributed by atoms with Gasteiger partial charge in [0.25, 0.3) is 10.2 Å². The minimum Gasteiger partial charge on any atom is -0.379 e. The smallest absolute Gasteiger partial charge is 0.282 e. The van der Waals surface area contributed by atoms with Crippen LogP contribution < -0.4 is 5.73 Å². The van der Waals surface area contributed by atoms with Crippen molar-refractivity contribution in [3.63, 3.8) is 0 Å². The average Bonchev–Trinajstić information content (AvgIpc) is 2.80. The normalized spacial score (nSPS) is 30.6. The van der Waals surface area contributed by atoms with Crippen molar-refractivity contribution in [1.82, 2.24) is 8.61 Å². The van der Waals surface area contributed by atoms with E-state index in [9.17, 15) is 8.42 Å². The first-order valence-corrected chi connectivity index (χ1v) is 7.50. The van der Waals surface area contributed by atoms with Gasteiger partial charge in [-0.1, -0.05) is 0 Å². The van der Waals surface area contributed by atoms with Gasteiger partial charge in [0.05, 0.1) is 13.2 Å². The molecule has 17 heavy (non-hydrogen) atoms. The maximum absolute atomic E-state index is 12.3. The molecule has 2 heterocycles. The van der Waals surface area contributed by atoms with E-state index in [1.807, 2.05) is 6.92 Å². The van der Waals surface area contributed by atoms with Crippen molar-refractivity contribution >= 4 is 10.2 Å². The monoisotopic (exact) mass is 263 g/mol. The van der Waals surface area contributed by atoms with Crippen molar-refractivity contribution in [1.29, 1.82) is 0 Å². The second-order valence-corrected chi connectivity index (χ2v) is 6.71. The average molecular weight is 263 g/mol. The third kappa shape index (κ3) is 2.79. The Morgan fingerprint density at radius 3 is 2.41 bits per heavy atom. The molecule has 0 radical (unpaired) electrons. The van der Waals surface area contributed by atoms with E-state index in [-0.39, 0.29) is 12.0 Å². The molecule has 0 aromatic heterocycles. The van der Waals surface area contributed by atoms with Gasteiger partial charge in [-0.25, -0.2) is 0 Å². The Labute approximate surface area is 103 Å². The lowest BCUT2D eigenvalue weighted by molar-refractivity contribution is 0.0705. The van der Waals surface area contributed by atoms with Crippen LogP contribution in [0.4, 0.5) is 0 Å². The Hall–Kier alpha value is -0.210. The lowest BCUT2D eigenvalue weighted by Crippen LogP contribution is -2.48. The molecule has 0 aliphatic carbocycles. The van der Waals surface area contributed by atoms with Crippen molar-refractivity contribution in [2.24, 2.45) is 11.7 Å². The minimum atomic E-state index is -3.30. The number of morpholine rings is 1. The van der Waals surface area contributed by atoms with Crippen molar-refractivity contribution in [3.05, 3.63) is 0 Å². The second kappa shape index (κ2) is 5.19. The molecule has 0 aromatic rings. The van der Waals surface area contributed by atoms with Crippen LogP contribution in [-0.4, -0.2) is 62.5 Å². The molecular weight excluding hydrogens is 242 g/mol. The summed E-state index contributed by atoms with van der Waals surface area (Å²) in [6.45, 7) is 4.98. The zero-order valence-electron chi connectivity index (χ0n) is 10.2. The van der Waals surface area contributed by atoms with E-state index in [4.69, 9.17) is 10.5 Å². The van der Waals surface area contributed by atoms with E-state index in [2.05, 4.69) is 0 Å². The van der Waals surface area contributed by atoms with Crippen LogP contribution >= 0.6 is 0 Å². The van der Waals surface area contributed by atoms with Gasteiger partial charge < -0.3 is 10.5 Å². The van der Waals surface area contributed by atoms with Crippen LogP contribution in [0.1, 0.15) is 13.3 Å². The first-order chi connectivity index (χ1) is 8.01. The third-order valence-corrected chi connectivity index (χ3v) is 5.56. The quantitative estimate of drug-likeness (QED) is 0.725. The fraction of sp³-hybridized carbons (Fsp3) is 1.00. The van der Waals surface area contributed by atoms with E-state index in [1.165, 1.54) is 4.31 Å². The highest BCUT2D eigenvalue weighted by atomic mass is 32.2. The van der Waals surface area contributed by atoms with E-state index in [0.29, 0.717) is 39.4 Å². The molecule has 0 spiro atoms. The highest BCUT2D eigenvalue weighted by Crippen LogP contribution is 2.23. The Morgan fingerprint density at radius 2 is 1.88 bits per heavy atom. The molecule has 0 saturated carbocycles. The largest absolute Gasteiger partial charge is 0.379 e. The summed E-state index contributed by atoms with van der Waals surface area (Å²) in [6, 6.07) is 0.0555. The van der Waals surface area contributed by atoms with Crippen molar-refractivity contribution in [2.45, 2.75) is 19.4 Å². The Balaban J connectivity index is 2.01. The first-order valence-electron chi connectivity index (χ1n) is 6.10. The molecule has 6 nitrogen and oxygen atoms in total. The fourth-order valence-electron chi connectivity index (χ4n) is 2.33. The minimum absolute atomic E-state index is 0.0555. The molecule has 0 aromatic carbocycles. The molecule has 2 atom stereocenters. The topological polar surface area (TPSA) is 75.9 Å². The SMILES string of the molecule is CC(N)C1CCN(S(=O)(=O)N2CCOCC2)C1. The summed E-state index contributed by atoms with van der Waals surface area (Å²) in [5.41, 5.74) is 5.83. The maximum Gasteiger partial charge on any atom is 0.282 e. The van der Waals surface area contributed by atoms with Gasteiger partial charge in [0.2, 0.25) is 0 Å². The summed E-state index contributed by atoms with van der Waals surface area (Å²) < 4.78 is 32.9. The van der Waals surface area contributed by atoms with E-state index in [0.717, 1.165) is 6.42 Å². The number of rotatable bonds is 3. The molecular formula is C10H21N3O3S. The zero-order valence-corrected chi connectivity index (χ0v) is 11.0. The molecule has 0 amide bonds. The van der Waals surface area contributed by atoms with Gasteiger partial charge in [-0.05, 0) is 19.3 Å². The maximum atomic E-state index is 12.3. The van der Waals surface area contributed by atoms with Gasteiger partial charge >= 0.3 is 0 Å². The van der Waals surface area contributed by atoms with Gasteiger partial charge in [-0.15, -0.1) is 0 Å². The highest BCUT2D eigenvalue weighted by molar-refractivity contribution is 7.86. The van der Waals surface area contributed by atoms with Crippen LogP contribution in [0.25, 0.3) is 0 Å². The Morgan fingerprint density at radius 1 is 1.24 bits per heavy atom. The summed E-state index contributed by atoms with van der Waals surface area (Å²) in [5.74, 6) is 0.283. The van der Waals surface area contributed by atoms with Crippen molar-refractivity contribution in [2.75, 3.05) is 39.4 Å². The summed E-state index contributed by atoms with van der Waals surface area (Å²) in [7, 11) is -3.30. The number of hydrogen-bond donors (Lipinski definition) is 1. The summed E-state index contributed by atoms with van der Waals surface area (Å²) >= 11 is 0. The van der Waals surface area contributed by atoms with Gasteiger partial charge in [0, 0.05) is 32.2 Å². The lowest BCUT2D eigenvalue weighted by Gasteiger charge is -2.30. The fourth-order valence-corrected chi connectivity index (χ4v) is 3.99. The molecule has 2 N–H and O–H groups in total. The van der Waals surface area contributed by atoms with Crippen LogP contribution in [0.3, 0.4) is 0 Å². The molecule has 0 bridgehead atoms. The predicted octanol–water partition coefficient (Wildman–Crippen LogP) is -0.767. The predicted molar refractivity (Wildman–Crippen MR) is 64.6 cm³/mol. The molecule has 2 rings (SSSR count). The summed E-state index contributed by atoms with van der Waals surface area (Å²) in [4.78, 5) is 0. The van der Waals surface area contributed by atoms with Crippen molar-refractivity contribution < 1.29 is 13.2 Å². The molecule has 2 fully saturated rings. The summed E-state index contributed by atoms with van der Waals surface area (Å²) in [5, 5.41) is 0. The zero-order chi connectivity index (χ0) is 12.5. The van der Waals surface area contributed by atoms with Gasteiger partial charge in [-0.2, -0.15) is 17.0 Å². The number of ether oxygens (including phenoxy) is 1. The molecule has 2 saturated heterocycles. The molecule has 100 valence electrons. The first kappa shape index (κ1) is 13.2. The van der Waals surface area contributed by atoms with Gasteiger partial charge in [0.15, 0.2) is 0 Å². The van der Waals surface area contributed by atoms with Crippen LogP contribution in [0.15, 0.2) is 0 Å². The van der Waals surface area contributed by atoms with Crippen LogP contribution in [0.2, 0.25) is 0 Å². The standard InChI is InChI=1S/C10H21N3O3S/c1-9(11)10-2-3-13(8-10)17(14,15)12-4-6-16-7-5-12/h9-10H,2-8,11H2,1H3. The van der Waals surface area contributed by atoms with Crippen LogP contribution in [0.5, 0.6) is 0 Å². The third-order valence-electron chi connectivity index (χ3n) is 3.55. The Kier molecular flexibility index (Phi) is 4.04. The number of nitrogens with zero attached hydrogens (tertiary/aromatic N) is 2. The number of nitrogens with two attached hydrogens (primary N) is 1. The van der Waals surface area contributed by atoms with Gasteiger partial charge in [0.1, 0.15) is 0 Å². The number of hydrogen-bond acceptors (Lipinski definition) is 4. The molecule has 2 aliphatic heterocycles. The van der Waals surface area contributed by atoms with Gasteiger partial charge in [-0.3, -0.25) is 0 Å². The van der Waals surface area contributed by atoms with Crippen LogP contribution in [-0.2, 0) is 14.9 Å². The van der Waals surface area contributed by atoms with Crippen LogP contribution in [0, 0.1) is 5.92 Å². The molecule has 7 heteroatoms. The summed E-state index contributed by atoms with van der Waals surface area (Å²) in [6.07, 6.45) is 0.862. The van der Waals surface area contributed by atoms with E-state index in [1.54, 1.807) is 4.31 Å². The van der Waals surface area contributed by atoms with E-state index < -0.39 is 10.2 Å². The van der Waals surface area contributed by atoms with Crippen molar-refractivity contribution in [3.8, 4) is 0 Å². The molecule has 2 aliphatic rings.